The van der Waals surface area contributed by atoms with Gasteiger partial charge in [-0.2, -0.15) is 5.26 Å². The summed E-state index contributed by atoms with van der Waals surface area (Å²) in [6, 6.07) is 20.6. The van der Waals surface area contributed by atoms with Gasteiger partial charge in [-0.1, -0.05) is 12.1 Å². The molecule has 0 saturated carbocycles. The van der Waals surface area contributed by atoms with E-state index in [2.05, 4.69) is 27.3 Å². The first-order chi connectivity index (χ1) is 15.9. The molecule has 0 aliphatic carbocycles. The van der Waals surface area contributed by atoms with Gasteiger partial charge in [-0.15, -0.1) is 0 Å². The summed E-state index contributed by atoms with van der Waals surface area (Å²) in [4.78, 5) is 12.3. The summed E-state index contributed by atoms with van der Waals surface area (Å²) in [6.07, 6.45) is 1.75. The third kappa shape index (κ3) is 6.37. The van der Waals surface area contributed by atoms with E-state index in [4.69, 9.17) is 14.2 Å². The van der Waals surface area contributed by atoms with E-state index in [-0.39, 0.29) is 12.5 Å². The van der Waals surface area contributed by atoms with Crippen molar-refractivity contribution in [3.8, 4) is 23.3 Å². The first-order valence-electron chi connectivity index (χ1n) is 10.1. The molecule has 33 heavy (non-hydrogen) atoms. The molecular weight excluding hydrogens is 484 g/mol. The number of anilines is 1. The van der Waals surface area contributed by atoms with Crippen molar-refractivity contribution in [2.75, 3.05) is 26.1 Å². The van der Waals surface area contributed by atoms with E-state index < -0.39 is 0 Å². The number of halogens is 1. The van der Waals surface area contributed by atoms with Gasteiger partial charge in [0.25, 0.3) is 5.91 Å². The summed E-state index contributed by atoms with van der Waals surface area (Å²) in [5.74, 6) is 1.26. The number of allylic oxidation sites excluding steroid dienone is 1. The fraction of sp³-hybridized carbons (Fsp3) is 0.154. The molecule has 0 radical (unpaired) electrons. The van der Waals surface area contributed by atoms with Gasteiger partial charge in [0.15, 0.2) is 18.1 Å². The lowest BCUT2D eigenvalue weighted by Crippen LogP contribution is -2.20. The average molecular weight is 507 g/mol. The Bertz CT molecular complexity index is 1210. The Morgan fingerprint density at radius 1 is 1.09 bits per heavy atom. The quantitative estimate of drug-likeness (QED) is 0.305. The zero-order valence-electron chi connectivity index (χ0n) is 18.5. The second-order valence-electron chi connectivity index (χ2n) is 7.14. The lowest BCUT2D eigenvalue weighted by atomic mass is 10.0. The second kappa shape index (κ2) is 11.2. The Labute approximate surface area is 201 Å². The van der Waals surface area contributed by atoms with E-state index in [1.165, 1.54) is 7.11 Å². The first kappa shape index (κ1) is 23.9. The van der Waals surface area contributed by atoms with Gasteiger partial charge in [-0.05, 0) is 94.2 Å². The molecule has 168 valence electrons. The van der Waals surface area contributed by atoms with Crippen molar-refractivity contribution in [2.45, 2.75) is 6.92 Å². The molecule has 7 heteroatoms. The van der Waals surface area contributed by atoms with Gasteiger partial charge in [0, 0.05) is 5.69 Å². The van der Waals surface area contributed by atoms with Crippen LogP contribution in [0.2, 0.25) is 0 Å². The van der Waals surface area contributed by atoms with E-state index in [1.54, 1.807) is 37.5 Å². The molecular formula is C26H23BrN2O4. The van der Waals surface area contributed by atoms with E-state index in [9.17, 15) is 10.1 Å². The van der Waals surface area contributed by atoms with Crippen molar-refractivity contribution in [3.05, 3.63) is 81.8 Å². The highest BCUT2D eigenvalue weighted by molar-refractivity contribution is 9.10. The van der Waals surface area contributed by atoms with Crippen LogP contribution in [0, 0.1) is 18.3 Å². The highest BCUT2D eigenvalue weighted by Gasteiger charge is 2.14. The van der Waals surface area contributed by atoms with Crippen LogP contribution in [0.5, 0.6) is 17.2 Å². The van der Waals surface area contributed by atoms with Gasteiger partial charge in [-0.25, -0.2) is 0 Å². The van der Waals surface area contributed by atoms with Crippen molar-refractivity contribution in [1.82, 2.24) is 0 Å². The maximum Gasteiger partial charge on any atom is 0.262 e. The predicted octanol–water partition coefficient (Wildman–Crippen LogP) is 5.86. The van der Waals surface area contributed by atoms with Crippen molar-refractivity contribution >= 4 is 39.2 Å². The molecule has 0 atom stereocenters. The Hall–Kier alpha value is -3.76. The van der Waals surface area contributed by atoms with Crippen LogP contribution in [0.4, 0.5) is 5.69 Å². The number of methoxy groups -OCH3 is 2. The molecule has 0 aliphatic rings. The van der Waals surface area contributed by atoms with Crippen LogP contribution >= 0.6 is 15.9 Å². The smallest absolute Gasteiger partial charge is 0.262 e. The fourth-order valence-electron chi connectivity index (χ4n) is 3.14. The summed E-state index contributed by atoms with van der Waals surface area (Å²) < 4.78 is 17.0. The molecule has 1 amide bonds. The van der Waals surface area contributed by atoms with Gasteiger partial charge in [0.2, 0.25) is 0 Å². The minimum atomic E-state index is -0.287. The summed E-state index contributed by atoms with van der Waals surface area (Å²) in [5, 5.41) is 12.4. The first-order valence-corrected chi connectivity index (χ1v) is 10.9. The van der Waals surface area contributed by atoms with Crippen LogP contribution in [-0.4, -0.2) is 26.7 Å². The van der Waals surface area contributed by atoms with Crippen LogP contribution in [0.3, 0.4) is 0 Å². The summed E-state index contributed by atoms with van der Waals surface area (Å²) in [6.45, 7) is 1.77. The van der Waals surface area contributed by atoms with Crippen LogP contribution < -0.4 is 19.5 Å². The molecule has 0 bridgehead atoms. The van der Waals surface area contributed by atoms with E-state index in [1.807, 2.05) is 43.3 Å². The van der Waals surface area contributed by atoms with Crippen LogP contribution in [0.25, 0.3) is 11.6 Å². The monoisotopic (exact) mass is 506 g/mol. The minimum Gasteiger partial charge on any atom is -0.497 e. The molecule has 1 N–H and O–H groups in total. The molecule has 3 aromatic rings. The van der Waals surface area contributed by atoms with Crippen LogP contribution in [0.1, 0.15) is 16.7 Å². The number of nitrogens with zero attached hydrogens (tertiary/aromatic N) is 1. The fourth-order valence-corrected chi connectivity index (χ4v) is 3.71. The normalized spacial score (nSPS) is 10.8. The predicted molar refractivity (Wildman–Crippen MR) is 132 cm³/mol. The number of carbonyl (C=O) groups is 1. The van der Waals surface area contributed by atoms with Crippen LogP contribution in [0.15, 0.2) is 65.1 Å². The molecule has 3 aromatic carbocycles. The third-order valence-corrected chi connectivity index (χ3v) is 5.32. The Balaban J connectivity index is 1.77. The molecule has 0 saturated heterocycles. The van der Waals surface area contributed by atoms with Crippen molar-refractivity contribution in [2.24, 2.45) is 0 Å². The molecule has 0 spiro atoms. The zero-order chi connectivity index (χ0) is 23.8. The molecule has 0 aromatic heterocycles. The van der Waals surface area contributed by atoms with Crippen molar-refractivity contribution < 1.29 is 19.0 Å². The molecule has 3 rings (SSSR count). The van der Waals surface area contributed by atoms with E-state index in [0.29, 0.717) is 33.0 Å². The van der Waals surface area contributed by atoms with Crippen LogP contribution in [-0.2, 0) is 4.79 Å². The van der Waals surface area contributed by atoms with Gasteiger partial charge in [0.05, 0.1) is 30.3 Å². The molecule has 0 aliphatic heterocycles. The molecule has 0 fully saturated rings. The second-order valence-corrected chi connectivity index (χ2v) is 7.99. The number of hydrogen-bond acceptors (Lipinski definition) is 5. The number of ether oxygens (including phenoxy) is 3. The number of nitriles is 1. The number of rotatable bonds is 8. The van der Waals surface area contributed by atoms with Gasteiger partial charge >= 0.3 is 0 Å². The molecule has 6 nitrogen and oxygen atoms in total. The van der Waals surface area contributed by atoms with E-state index >= 15 is 0 Å². The maximum atomic E-state index is 12.3. The molecule has 0 heterocycles. The summed E-state index contributed by atoms with van der Waals surface area (Å²) in [7, 11) is 3.11. The average Bonchev–Trinajstić information content (AvgIpc) is 2.81. The number of aryl methyl sites for hydroxylation is 1. The molecule has 0 unspecified atom stereocenters. The topological polar surface area (TPSA) is 80.6 Å². The Morgan fingerprint density at radius 2 is 1.85 bits per heavy atom. The Kier molecular flexibility index (Phi) is 8.11. The number of carbonyl (C=O) groups excluding carboxylic acids is 1. The Morgan fingerprint density at radius 3 is 2.48 bits per heavy atom. The number of amides is 1. The standard InChI is InChI=1S/C26H23BrN2O4/c1-17-5-4-6-21(11-17)29-25(30)16-33-26-23(27)13-18(14-24(26)32-3)12-20(15-28)19-7-9-22(31-2)10-8-19/h4-14H,16H2,1-3H3,(H,29,30)/b20-12+. The van der Waals surface area contributed by atoms with Crippen molar-refractivity contribution in [3.63, 3.8) is 0 Å². The minimum absolute atomic E-state index is 0.187. The third-order valence-electron chi connectivity index (χ3n) is 4.73. The number of benzene rings is 3. The SMILES string of the molecule is COc1ccc(/C(C#N)=C/c2cc(Br)c(OCC(=O)Nc3cccc(C)c3)c(OC)c2)cc1. The summed E-state index contributed by atoms with van der Waals surface area (Å²) >= 11 is 3.49. The summed E-state index contributed by atoms with van der Waals surface area (Å²) in [5.41, 5.74) is 3.74. The van der Waals surface area contributed by atoms with Gasteiger partial charge < -0.3 is 19.5 Å². The highest BCUT2D eigenvalue weighted by Crippen LogP contribution is 2.37. The number of nitrogens with one attached hydrogen (secondary N) is 1. The zero-order valence-corrected chi connectivity index (χ0v) is 20.1. The van der Waals surface area contributed by atoms with E-state index in [0.717, 1.165) is 16.7 Å². The lowest BCUT2D eigenvalue weighted by Gasteiger charge is -2.14. The highest BCUT2D eigenvalue weighted by atomic mass is 79.9. The van der Waals surface area contributed by atoms with Gasteiger partial charge in [-0.3, -0.25) is 4.79 Å². The lowest BCUT2D eigenvalue weighted by molar-refractivity contribution is -0.118. The largest absolute Gasteiger partial charge is 0.497 e. The maximum absolute atomic E-state index is 12.3. The van der Waals surface area contributed by atoms with Crippen molar-refractivity contribution in [1.29, 1.82) is 5.26 Å². The van der Waals surface area contributed by atoms with Gasteiger partial charge in [0.1, 0.15) is 5.75 Å². The number of hydrogen-bond donors (Lipinski definition) is 1.